The molecule has 0 aliphatic rings. The van der Waals surface area contributed by atoms with Crippen molar-refractivity contribution in [3.8, 4) is 0 Å². The van der Waals surface area contributed by atoms with E-state index < -0.39 is 0 Å². The Labute approximate surface area is 96.6 Å². The molecular formula is C13H20FNO. The van der Waals surface area contributed by atoms with Crippen LogP contribution < -0.4 is 5.73 Å². The highest BCUT2D eigenvalue weighted by Gasteiger charge is 2.16. The zero-order valence-electron chi connectivity index (χ0n) is 9.95. The average molecular weight is 225 g/mol. The molecule has 3 heteroatoms. The van der Waals surface area contributed by atoms with Gasteiger partial charge in [-0.15, -0.1) is 0 Å². The SMILES string of the molecule is COCC(C)C(CN)Cc1ccc(F)cc1. The van der Waals surface area contributed by atoms with Gasteiger partial charge in [-0.3, -0.25) is 0 Å². The molecule has 2 atom stereocenters. The summed E-state index contributed by atoms with van der Waals surface area (Å²) < 4.78 is 17.9. The van der Waals surface area contributed by atoms with Gasteiger partial charge in [0.2, 0.25) is 0 Å². The number of hydrogen-bond acceptors (Lipinski definition) is 2. The summed E-state index contributed by atoms with van der Waals surface area (Å²) in [6, 6.07) is 6.61. The van der Waals surface area contributed by atoms with Gasteiger partial charge in [-0.2, -0.15) is 0 Å². The van der Waals surface area contributed by atoms with Gasteiger partial charge in [-0.05, 0) is 42.5 Å². The third-order valence-electron chi connectivity index (χ3n) is 2.95. The van der Waals surface area contributed by atoms with E-state index in [-0.39, 0.29) is 5.82 Å². The minimum atomic E-state index is -0.196. The Morgan fingerprint density at radius 1 is 1.31 bits per heavy atom. The number of benzene rings is 1. The number of hydrogen-bond donors (Lipinski definition) is 1. The van der Waals surface area contributed by atoms with Crippen LogP contribution in [0.4, 0.5) is 4.39 Å². The fraction of sp³-hybridized carbons (Fsp3) is 0.538. The summed E-state index contributed by atoms with van der Waals surface area (Å²) >= 11 is 0. The zero-order chi connectivity index (χ0) is 12.0. The van der Waals surface area contributed by atoms with Gasteiger partial charge < -0.3 is 10.5 Å². The number of ether oxygens (including phenoxy) is 1. The highest BCUT2D eigenvalue weighted by Crippen LogP contribution is 2.17. The summed E-state index contributed by atoms with van der Waals surface area (Å²) in [6.07, 6.45) is 0.876. The highest BCUT2D eigenvalue weighted by atomic mass is 19.1. The molecule has 0 aliphatic carbocycles. The molecule has 0 saturated carbocycles. The number of methoxy groups -OCH3 is 1. The first-order chi connectivity index (χ1) is 7.67. The number of halogens is 1. The van der Waals surface area contributed by atoms with Crippen molar-refractivity contribution < 1.29 is 9.13 Å². The number of rotatable bonds is 6. The standard InChI is InChI=1S/C13H20FNO/c1-10(9-16-2)12(8-15)7-11-3-5-13(14)6-4-11/h3-6,10,12H,7-9,15H2,1-2H3. The predicted octanol–water partition coefficient (Wildman–Crippen LogP) is 2.23. The van der Waals surface area contributed by atoms with E-state index in [2.05, 4.69) is 6.92 Å². The molecular weight excluding hydrogens is 205 g/mol. The van der Waals surface area contributed by atoms with Gasteiger partial charge in [0.1, 0.15) is 5.82 Å². The molecule has 2 N–H and O–H groups in total. The van der Waals surface area contributed by atoms with Crippen LogP contribution in [0.5, 0.6) is 0 Å². The lowest BCUT2D eigenvalue weighted by Crippen LogP contribution is -2.26. The van der Waals surface area contributed by atoms with Gasteiger partial charge >= 0.3 is 0 Å². The van der Waals surface area contributed by atoms with Gasteiger partial charge in [0.15, 0.2) is 0 Å². The van der Waals surface area contributed by atoms with Crippen molar-refractivity contribution in [1.29, 1.82) is 0 Å². The molecule has 1 aromatic rings. The third-order valence-corrected chi connectivity index (χ3v) is 2.95. The number of nitrogens with two attached hydrogens (primary N) is 1. The zero-order valence-corrected chi connectivity index (χ0v) is 9.95. The summed E-state index contributed by atoms with van der Waals surface area (Å²) in [7, 11) is 1.70. The Hall–Kier alpha value is -0.930. The second-order valence-electron chi connectivity index (χ2n) is 4.26. The molecule has 0 radical (unpaired) electrons. The predicted molar refractivity (Wildman–Crippen MR) is 63.7 cm³/mol. The third kappa shape index (κ3) is 3.91. The molecule has 0 bridgehead atoms. The van der Waals surface area contributed by atoms with E-state index in [1.165, 1.54) is 12.1 Å². The van der Waals surface area contributed by atoms with Crippen LogP contribution in [0.2, 0.25) is 0 Å². The van der Waals surface area contributed by atoms with Crippen LogP contribution in [0.15, 0.2) is 24.3 Å². The topological polar surface area (TPSA) is 35.2 Å². The van der Waals surface area contributed by atoms with E-state index in [4.69, 9.17) is 10.5 Å². The quantitative estimate of drug-likeness (QED) is 0.805. The Balaban J connectivity index is 2.59. The van der Waals surface area contributed by atoms with Crippen LogP contribution in [-0.4, -0.2) is 20.3 Å². The Kier molecular flexibility index (Phi) is 5.43. The molecule has 0 saturated heterocycles. The van der Waals surface area contributed by atoms with E-state index in [0.29, 0.717) is 25.0 Å². The van der Waals surface area contributed by atoms with E-state index in [9.17, 15) is 4.39 Å². The van der Waals surface area contributed by atoms with Gasteiger partial charge in [-0.25, -0.2) is 4.39 Å². The first kappa shape index (κ1) is 13.1. The van der Waals surface area contributed by atoms with Gasteiger partial charge in [0, 0.05) is 13.7 Å². The van der Waals surface area contributed by atoms with Gasteiger partial charge in [-0.1, -0.05) is 19.1 Å². The molecule has 0 aromatic heterocycles. The van der Waals surface area contributed by atoms with Gasteiger partial charge in [0.05, 0.1) is 0 Å². The van der Waals surface area contributed by atoms with Gasteiger partial charge in [0.25, 0.3) is 0 Å². The Bertz CT molecular complexity index is 299. The van der Waals surface area contributed by atoms with Crippen molar-refractivity contribution in [2.45, 2.75) is 13.3 Å². The van der Waals surface area contributed by atoms with E-state index in [1.54, 1.807) is 7.11 Å². The Morgan fingerprint density at radius 3 is 2.44 bits per heavy atom. The van der Waals surface area contributed by atoms with Crippen molar-refractivity contribution in [2.24, 2.45) is 17.6 Å². The first-order valence-electron chi connectivity index (χ1n) is 5.60. The fourth-order valence-electron chi connectivity index (χ4n) is 1.84. The lowest BCUT2D eigenvalue weighted by Gasteiger charge is -2.21. The lowest BCUT2D eigenvalue weighted by atomic mass is 9.88. The summed E-state index contributed by atoms with van der Waals surface area (Å²) in [6.45, 7) is 3.47. The van der Waals surface area contributed by atoms with Crippen molar-refractivity contribution in [2.75, 3.05) is 20.3 Å². The summed E-state index contributed by atoms with van der Waals surface area (Å²) in [4.78, 5) is 0. The molecule has 2 unspecified atom stereocenters. The minimum Gasteiger partial charge on any atom is -0.384 e. The van der Waals surface area contributed by atoms with Crippen LogP contribution in [0.3, 0.4) is 0 Å². The molecule has 1 aromatic carbocycles. The average Bonchev–Trinajstić information content (AvgIpc) is 2.28. The maximum atomic E-state index is 12.7. The molecule has 90 valence electrons. The van der Waals surface area contributed by atoms with E-state index in [1.807, 2.05) is 12.1 Å². The maximum absolute atomic E-state index is 12.7. The largest absolute Gasteiger partial charge is 0.384 e. The van der Waals surface area contributed by atoms with Crippen LogP contribution in [0.25, 0.3) is 0 Å². The minimum absolute atomic E-state index is 0.196. The highest BCUT2D eigenvalue weighted by molar-refractivity contribution is 5.16. The van der Waals surface area contributed by atoms with E-state index >= 15 is 0 Å². The molecule has 0 aliphatic heterocycles. The molecule has 0 fully saturated rings. The van der Waals surface area contributed by atoms with Crippen molar-refractivity contribution in [1.82, 2.24) is 0 Å². The first-order valence-corrected chi connectivity index (χ1v) is 5.60. The normalized spacial score (nSPS) is 14.8. The van der Waals surface area contributed by atoms with Crippen molar-refractivity contribution >= 4 is 0 Å². The fourth-order valence-corrected chi connectivity index (χ4v) is 1.84. The molecule has 0 amide bonds. The summed E-state index contributed by atoms with van der Waals surface area (Å²) in [5, 5.41) is 0. The molecule has 0 spiro atoms. The lowest BCUT2D eigenvalue weighted by molar-refractivity contribution is 0.131. The monoisotopic (exact) mass is 225 g/mol. The molecule has 16 heavy (non-hydrogen) atoms. The Morgan fingerprint density at radius 2 is 1.94 bits per heavy atom. The second kappa shape index (κ2) is 6.61. The maximum Gasteiger partial charge on any atom is 0.123 e. The smallest absolute Gasteiger partial charge is 0.123 e. The molecule has 1 rings (SSSR count). The van der Waals surface area contributed by atoms with Crippen LogP contribution in [0.1, 0.15) is 12.5 Å². The molecule has 0 heterocycles. The van der Waals surface area contributed by atoms with E-state index in [0.717, 1.165) is 12.0 Å². The van der Waals surface area contributed by atoms with Crippen LogP contribution in [0, 0.1) is 17.7 Å². The van der Waals surface area contributed by atoms with Crippen LogP contribution >= 0.6 is 0 Å². The summed E-state index contributed by atoms with van der Waals surface area (Å²) in [5.41, 5.74) is 6.88. The summed E-state index contributed by atoms with van der Waals surface area (Å²) in [5.74, 6) is 0.600. The van der Waals surface area contributed by atoms with Crippen molar-refractivity contribution in [3.63, 3.8) is 0 Å². The van der Waals surface area contributed by atoms with Crippen molar-refractivity contribution in [3.05, 3.63) is 35.6 Å². The van der Waals surface area contributed by atoms with Crippen LogP contribution in [-0.2, 0) is 11.2 Å². The second-order valence-corrected chi connectivity index (χ2v) is 4.26. The molecule has 2 nitrogen and oxygen atoms in total.